The number of hydrogen-bond acceptors (Lipinski definition) is 5. The van der Waals surface area contributed by atoms with Crippen LogP contribution in [0.25, 0.3) is 0 Å². The molecule has 1 unspecified atom stereocenters. The maximum atomic E-state index is 9.01. The first-order valence-corrected chi connectivity index (χ1v) is 5.46. The molecule has 1 saturated heterocycles. The Hall–Kier alpha value is -1.17. The lowest BCUT2D eigenvalue weighted by Gasteiger charge is -2.28. The molecule has 88 valence electrons. The van der Waals surface area contributed by atoms with Crippen LogP contribution in [0, 0.1) is 0 Å². The van der Waals surface area contributed by atoms with Crippen molar-refractivity contribution in [2.45, 2.75) is 6.04 Å². The average molecular weight is 223 g/mol. The lowest BCUT2D eigenvalue weighted by atomic mass is 10.1. The summed E-state index contributed by atoms with van der Waals surface area (Å²) < 4.78 is 5.29. The molecule has 1 aromatic heterocycles. The van der Waals surface area contributed by atoms with Gasteiger partial charge in [-0.3, -0.25) is 0 Å². The predicted molar refractivity (Wildman–Crippen MR) is 61.3 cm³/mol. The number of nitrogens with zero attached hydrogens (tertiary/aromatic N) is 2. The standard InChI is InChI=1S/C11H17N3O2/c12-10(8-15)9-1-2-13-11(7-9)14-3-5-16-6-4-14/h1-2,7,10,15H,3-6,8,12H2. The second kappa shape index (κ2) is 5.25. The van der Waals surface area contributed by atoms with Gasteiger partial charge in [0.1, 0.15) is 5.82 Å². The van der Waals surface area contributed by atoms with Crippen LogP contribution in [0.2, 0.25) is 0 Å². The molecule has 2 rings (SSSR count). The van der Waals surface area contributed by atoms with E-state index in [1.165, 1.54) is 0 Å². The summed E-state index contributed by atoms with van der Waals surface area (Å²) in [6, 6.07) is 3.44. The van der Waals surface area contributed by atoms with Gasteiger partial charge in [-0.1, -0.05) is 0 Å². The van der Waals surface area contributed by atoms with Gasteiger partial charge in [0, 0.05) is 19.3 Å². The topological polar surface area (TPSA) is 71.6 Å². The second-order valence-corrected chi connectivity index (χ2v) is 3.84. The summed E-state index contributed by atoms with van der Waals surface area (Å²) in [6.07, 6.45) is 1.73. The van der Waals surface area contributed by atoms with Crippen LogP contribution in [-0.4, -0.2) is 43.0 Å². The van der Waals surface area contributed by atoms with Gasteiger partial charge in [0.2, 0.25) is 0 Å². The van der Waals surface area contributed by atoms with E-state index in [-0.39, 0.29) is 12.6 Å². The predicted octanol–water partition coefficient (Wildman–Crippen LogP) is -0.0897. The largest absolute Gasteiger partial charge is 0.394 e. The number of aliphatic hydroxyl groups is 1. The Morgan fingerprint density at radius 3 is 2.94 bits per heavy atom. The summed E-state index contributed by atoms with van der Waals surface area (Å²) >= 11 is 0. The molecule has 5 nitrogen and oxygen atoms in total. The normalized spacial score (nSPS) is 18.5. The molecule has 0 spiro atoms. The van der Waals surface area contributed by atoms with Gasteiger partial charge in [-0.25, -0.2) is 4.98 Å². The molecular weight excluding hydrogens is 206 g/mol. The first kappa shape index (κ1) is 11.3. The number of morpholine rings is 1. The quantitative estimate of drug-likeness (QED) is 0.749. The number of aliphatic hydroxyl groups excluding tert-OH is 1. The molecule has 0 aliphatic carbocycles. The number of anilines is 1. The fourth-order valence-corrected chi connectivity index (χ4v) is 1.74. The van der Waals surface area contributed by atoms with E-state index in [0.717, 1.165) is 37.7 Å². The van der Waals surface area contributed by atoms with Crippen LogP contribution in [0.1, 0.15) is 11.6 Å². The third kappa shape index (κ3) is 2.49. The Kier molecular flexibility index (Phi) is 3.71. The molecule has 1 atom stereocenters. The minimum absolute atomic E-state index is 0.0490. The highest BCUT2D eigenvalue weighted by Crippen LogP contribution is 2.17. The molecule has 5 heteroatoms. The van der Waals surface area contributed by atoms with E-state index >= 15 is 0 Å². The molecule has 0 bridgehead atoms. The molecule has 0 saturated carbocycles. The van der Waals surface area contributed by atoms with E-state index in [1.54, 1.807) is 6.20 Å². The van der Waals surface area contributed by atoms with Crippen LogP contribution in [0.4, 0.5) is 5.82 Å². The number of rotatable bonds is 3. The molecule has 0 amide bonds. The fourth-order valence-electron chi connectivity index (χ4n) is 1.74. The highest BCUT2D eigenvalue weighted by atomic mass is 16.5. The zero-order valence-corrected chi connectivity index (χ0v) is 9.17. The first-order valence-electron chi connectivity index (χ1n) is 5.46. The van der Waals surface area contributed by atoms with Crippen LogP contribution in [-0.2, 0) is 4.74 Å². The lowest BCUT2D eigenvalue weighted by molar-refractivity contribution is 0.122. The highest BCUT2D eigenvalue weighted by Gasteiger charge is 2.13. The molecule has 1 aliphatic heterocycles. The zero-order chi connectivity index (χ0) is 11.4. The molecule has 2 heterocycles. The molecule has 1 aliphatic rings. The minimum Gasteiger partial charge on any atom is -0.394 e. The number of aromatic nitrogens is 1. The van der Waals surface area contributed by atoms with E-state index in [9.17, 15) is 0 Å². The van der Waals surface area contributed by atoms with Gasteiger partial charge in [0.25, 0.3) is 0 Å². The van der Waals surface area contributed by atoms with Crippen molar-refractivity contribution in [2.75, 3.05) is 37.8 Å². The van der Waals surface area contributed by atoms with Crippen LogP contribution in [0.3, 0.4) is 0 Å². The van der Waals surface area contributed by atoms with E-state index in [4.69, 9.17) is 15.6 Å². The molecule has 0 aromatic carbocycles. The van der Waals surface area contributed by atoms with Crippen molar-refractivity contribution >= 4 is 5.82 Å². The van der Waals surface area contributed by atoms with Gasteiger partial charge in [-0.15, -0.1) is 0 Å². The third-order valence-corrected chi connectivity index (χ3v) is 2.73. The summed E-state index contributed by atoms with van der Waals surface area (Å²) in [6.45, 7) is 3.12. The van der Waals surface area contributed by atoms with Crippen LogP contribution < -0.4 is 10.6 Å². The van der Waals surface area contributed by atoms with Crippen LogP contribution in [0.5, 0.6) is 0 Å². The monoisotopic (exact) mass is 223 g/mol. The zero-order valence-electron chi connectivity index (χ0n) is 9.17. The Balaban J connectivity index is 2.14. The van der Waals surface area contributed by atoms with Crippen LogP contribution in [0.15, 0.2) is 18.3 Å². The van der Waals surface area contributed by atoms with Crippen molar-refractivity contribution in [3.63, 3.8) is 0 Å². The van der Waals surface area contributed by atoms with Gasteiger partial charge in [0.05, 0.1) is 25.9 Å². The smallest absolute Gasteiger partial charge is 0.128 e. The van der Waals surface area contributed by atoms with Gasteiger partial charge in [0.15, 0.2) is 0 Å². The number of hydrogen-bond donors (Lipinski definition) is 2. The van der Waals surface area contributed by atoms with Crippen LogP contribution >= 0.6 is 0 Å². The average Bonchev–Trinajstić information content (AvgIpc) is 2.39. The Morgan fingerprint density at radius 1 is 1.50 bits per heavy atom. The summed E-state index contributed by atoms with van der Waals surface area (Å²) in [5.74, 6) is 0.907. The number of ether oxygens (including phenoxy) is 1. The molecule has 1 fully saturated rings. The molecule has 1 aromatic rings. The summed E-state index contributed by atoms with van der Waals surface area (Å²) in [5.41, 5.74) is 6.69. The minimum atomic E-state index is -0.331. The SMILES string of the molecule is NC(CO)c1ccnc(N2CCOCC2)c1. The van der Waals surface area contributed by atoms with Crippen molar-refractivity contribution in [3.8, 4) is 0 Å². The van der Waals surface area contributed by atoms with Gasteiger partial charge < -0.3 is 20.5 Å². The Bertz CT molecular complexity index is 340. The summed E-state index contributed by atoms with van der Waals surface area (Å²) in [7, 11) is 0. The second-order valence-electron chi connectivity index (χ2n) is 3.84. The third-order valence-electron chi connectivity index (χ3n) is 2.73. The van der Waals surface area contributed by atoms with Gasteiger partial charge in [-0.05, 0) is 17.7 Å². The number of pyridine rings is 1. The van der Waals surface area contributed by atoms with E-state index in [2.05, 4.69) is 9.88 Å². The van der Waals surface area contributed by atoms with E-state index in [0.29, 0.717) is 0 Å². The Morgan fingerprint density at radius 2 is 2.25 bits per heavy atom. The maximum Gasteiger partial charge on any atom is 0.128 e. The highest BCUT2D eigenvalue weighted by molar-refractivity contribution is 5.42. The van der Waals surface area contributed by atoms with Gasteiger partial charge >= 0.3 is 0 Å². The van der Waals surface area contributed by atoms with E-state index in [1.807, 2.05) is 12.1 Å². The van der Waals surface area contributed by atoms with Crippen molar-refractivity contribution in [2.24, 2.45) is 5.73 Å². The molecule has 3 N–H and O–H groups in total. The summed E-state index contributed by atoms with van der Waals surface area (Å²) in [5, 5.41) is 9.01. The molecule has 0 radical (unpaired) electrons. The van der Waals surface area contributed by atoms with Crippen molar-refractivity contribution in [1.82, 2.24) is 4.98 Å². The molecular formula is C11H17N3O2. The lowest BCUT2D eigenvalue weighted by Crippen LogP contribution is -2.36. The van der Waals surface area contributed by atoms with E-state index < -0.39 is 0 Å². The van der Waals surface area contributed by atoms with Crippen molar-refractivity contribution in [1.29, 1.82) is 0 Å². The molecule has 16 heavy (non-hydrogen) atoms. The fraction of sp³-hybridized carbons (Fsp3) is 0.545. The first-order chi connectivity index (χ1) is 7.81. The number of nitrogens with two attached hydrogens (primary N) is 1. The van der Waals surface area contributed by atoms with Gasteiger partial charge in [-0.2, -0.15) is 0 Å². The van der Waals surface area contributed by atoms with Crippen molar-refractivity contribution in [3.05, 3.63) is 23.9 Å². The summed E-state index contributed by atoms with van der Waals surface area (Å²) in [4.78, 5) is 6.48. The van der Waals surface area contributed by atoms with Crippen molar-refractivity contribution < 1.29 is 9.84 Å². The Labute approximate surface area is 94.8 Å². The maximum absolute atomic E-state index is 9.01.